The summed E-state index contributed by atoms with van der Waals surface area (Å²) in [6.45, 7) is 5.93. The van der Waals surface area contributed by atoms with Crippen molar-refractivity contribution in [3.05, 3.63) is 87.0 Å². The van der Waals surface area contributed by atoms with Gasteiger partial charge in [-0.15, -0.1) is 0 Å². The first kappa shape index (κ1) is 26.8. The van der Waals surface area contributed by atoms with Crippen LogP contribution < -0.4 is 16.2 Å². The number of rotatable bonds is 10. The maximum Gasteiger partial charge on any atom is 0.253 e. The molecule has 1 fully saturated rings. The quantitative estimate of drug-likeness (QED) is 0.258. The van der Waals surface area contributed by atoms with Crippen molar-refractivity contribution in [1.29, 1.82) is 0 Å². The Morgan fingerprint density at radius 1 is 1.10 bits per heavy atom. The standard InChI is InChI=1S/C31H37N5O3/c1-20-14-21(2)35-31(38)27(20)17-33-30(37)26-15-24(23-10-8-22(9-11-23)19-39-13-12-32-3)16-29-28(26)18-34-36(29)25-6-4-5-7-25/h8-11,14-16,18,25,32H,4-7,12-13,17,19H2,1-3H3,(H,33,37)(H,35,38). The zero-order chi connectivity index (χ0) is 27.4. The number of ether oxygens (including phenoxy) is 1. The van der Waals surface area contributed by atoms with Gasteiger partial charge in [-0.2, -0.15) is 5.10 Å². The molecule has 2 heterocycles. The van der Waals surface area contributed by atoms with Crippen LogP contribution in [0.5, 0.6) is 0 Å². The number of hydrogen-bond donors (Lipinski definition) is 3. The monoisotopic (exact) mass is 527 g/mol. The van der Waals surface area contributed by atoms with Crippen molar-refractivity contribution in [3.8, 4) is 11.1 Å². The first-order valence-corrected chi connectivity index (χ1v) is 13.7. The molecule has 1 saturated carbocycles. The van der Waals surface area contributed by atoms with E-state index in [9.17, 15) is 9.59 Å². The molecule has 2 aromatic heterocycles. The molecule has 0 unspecified atom stereocenters. The number of amides is 1. The first-order chi connectivity index (χ1) is 18.9. The van der Waals surface area contributed by atoms with E-state index in [0.29, 0.717) is 30.4 Å². The largest absolute Gasteiger partial charge is 0.375 e. The highest BCUT2D eigenvalue weighted by Crippen LogP contribution is 2.35. The number of fused-ring (bicyclic) bond motifs is 1. The average Bonchev–Trinajstić information content (AvgIpc) is 3.60. The Hall–Kier alpha value is -3.75. The molecule has 1 aliphatic rings. The third kappa shape index (κ3) is 5.97. The van der Waals surface area contributed by atoms with E-state index in [1.54, 1.807) is 0 Å². The topological polar surface area (TPSA) is 101 Å². The summed E-state index contributed by atoms with van der Waals surface area (Å²) < 4.78 is 7.81. The van der Waals surface area contributed by atoms with Gasteiger partial charge in [0.2, 0.25) is 0 Å². The van der Waals surface area contributed by atoms with Crippen LogP contribution in [0.4, 0.5) is 0 Å². The van der Waals surface area contributed by atoms with Gasteiger partial charge in [0.1, 0.15) is 0 Å². The maximum absolute atomic E-state index is 13.6. The first-order valence-electron chi connectivity index (χ1n) is 13.7. The molecular weight excluding hydrogens is 490 g/mol. The molecule has 204 valence electrons. The van der Waals surface area contributed by atoms with Crippen molar-refractivity contribution in [1.82, 2.24) is 25.4 Å². The van der Waals surface area contributed by atoms with Crippen LogP contribution in [0.15, 0.2) is 53.5 Å². The van der Waals surface area contributed by atoms with Crippen molar-refractivity contribution < 1.29 is 9.53 Å². The van der Waals surface area contributed by atoms with Crippen LogP contribution in [-0.2, 0) is 17.9 Å². The van der Waals surface area contributed by atoms with E-state index in [0.717, 1.165) is 58.2 Å². The molecular formula is C31H37N5O3. The average molecular weight is 528 g/mol. The molecule has 0 radical (unpaired) electrons. The molecule has 3 N–H and O–H groups in total. The predicted molar refractivity (Wildman–Crippen MR) is 154 cm³/mol. The number of likely N-dealkylation sites (N-methyl/N-ethyl adjacent to an activating group) is 1. The van der Waals surface area contributed by atoms with E-state index in [4.69, 9.17) is 9.84 Å². The van der Waals surface area contributed by atoms with E-state index in [-0.39, 0.29) is 18.0 Å². The molecule has 8 heteroatoms. The second kappa shape index (κ2) is 12.0. The zero-order valence-electron chi connectivity index (χ0n) is 23.0. The van der Waals surface area contributed by atoms with E-state index >= 15 is 0 Å². The van der Waals surface area contributed by atoms with Gasteiger partial charge in [0.25, 0.3) is 11.5 Å². The van der Waals surface area contributed by atoms with Crippen molar-refractivity contribution in [2.75, 3.05) is 20.2 Å². The number of aryl methyl sites for hydroxylation is 2. The zero-order valence-corrected chi connectivity index (χ0v) is 23.0. The van der Waals surface area contributed by atoms with Crippen molar-refractivity contribution in [2.24, 2.45) is 0 Å². The third-order valence-corrected chi connectivity index (χ3v) is 7.60. The van der Waals surface area contributed by atoms with Gasteiger partial charge < -0.3 is 20.4 Å². The predicted octanol–water partition coefficient (Wildman–Crippen LogP) is 4.79. The summed E-state index contributed by atoms with van der Waals surface area (Å²) in [5.74, 6) is -0.221. The summed E-state index contributed by atoms with van der Waals surface area (Å²) in [6.07, 6.45) is 6.39. The lowest BCUT2D eigenvalue weighted by atomic mass is 9.98. The van der Waals surface area contributed by atoms with E-state index in [1.165, 1.54) is 12.8 Å². The van der Waals surface area contributed by atoms with Gasteiger partial charge in [0.05, 0.1) is 36.5 Å². The number of benzene rings is 2. The van der Waals surface area contributed by atoms with Crippen LogP contribution in [0, 0.1) is 13.8 Å². The lowest BCUT2D eigenvalue weighted by Gasteiger charge is -2.14. The summed E-state index contributed by atoms with van der Waals surface area (Å²) in [4.78, 5) is 28.9. The van der Waals surface area contributed by atoms with Gasteiger partial charge in [-0.05, 0) is 74.2 Å². The van der Waals surface area contributed by atoms with Gasteiger partial charge in [0.15, 0.2) is 0 Å². The highest BCUT2D eigenvalue weighted by atomic mass is 16.5. The summed E-state index contributed by atoms with van der Waals surface area (Å²) in [7, 11) is 1.91. The molecule has 1 amide bonds. The van der Waals surface area contributed by atoms with E-state index < -0.39 is 0 Å². The third-order valence-electron chi connectivity index (χ3n) is 7.60. The van der Waals surface area contributed by atoms with Crippen LogP contribution in [0.25, 0.3) is 22.0 Å². The highest BCUT2D eigenvalue weighted by Gasteiger charge is 2.23. The Labute approximate surface area is 228 Å². The number of aromatic amines is 1. The minimum Gasteiger partial charge on any atom is -0.375 e. The number of nitrogens with zero attached hydrogens (tertiary/aromatic N) is 2. The van der Waals surface area contributed by atoms with Crippen LogP contribution in [0.1, 0.15) is 64.5 Å². The molecule has 0 aliphatic heterocycles. The number of hydrogen-bond acceptors (Lipinski definition) is 5. The van der Waals surface area contributed by atoms with Gasteiger partial charge in [-0.1, -0.05) is 37.1 Å². The summed E-state index contributed by atoms with van der Waals surface area (Å²) in [5, 5.41) is 11.6. The molecule has 8 nitrogen and oxygen atoms in total. The smallest absolute Gasteiger partial charge is 0.253 e. The second-order valence-electron chi connectivity index (χ2n) is 10.5. The summed E-state index contributed by atoms with van der Waals surface area (Å²) >= 11 is 0. The summed E-state index contributed by atoms with van der Waals surface area (Å²) in [5.41, 5.74) is 6.67. The fraction of sp³-hybridized carbons (Fsp3) is 0.387. The van der Waals surface area contributed by atoms with Crippen molar-refractivity contribution >= 4 is 16.8 Å². The van der Waals surface area contributed by atoms with Crippen molar-refractivity contribution in [3.63, 3.8) is 0 Å². The number of pyridine rings is 1. The SMILES string of the molecule is CNCCOCc1ccc(-c2cc(C(=O)NCc3c(C)cc(C)[nH]c3=O)c3cnn(C4CCCC4)c3c2)cc1. The van der Waals surface area contributed by atoms with Crippen LogP contribution in [0.3, 0.4) is 0 Å². The number of carbonyl (C=O) groups is 1. The Morgan fingerprint density at radius 3 is 2.59 bits per heavy atom. The van der Waals surface area contributed by atoms with Gasteiger partial charge in [0, 0.05) is 29.7 Å². The molecule has 0 spiro atoms. The number of carbonyl (C=O) groups excluding carboxylic acids is 1. The minimum atomic E-state index is -0.221. The number of H-pyrrole nitrogens is 1. The van der Waals surface area contributed by atoms with Gasteiger partial charge in [-0.3, -0.25) is 14.3 Å². The molecule has 39 heavy (non-hydrogen) atoms. The minimum absolute atomic E-state index is 0.158. The number of aromatic nitrogens is 3. The van der Waals surface area contributed by atoms with Crippen LogP contribution in [-0.4, -0.2) is 40.9 Å². The fourth-order valence-corrected chi connectivity index (χ4v) is 5.46. The molecule has 5 rings (SSSR count). The second-order valence-corrected chi connectivity index (χ2v) is 10.5. The Kier molecular flexibility index (Phi) is 8.24. The maximum atomic E-state index is 13.6. The molecule has 0 atom stereocenters. The molecule has 2 aromatic carbocycles. The molecule has 0 saturated heterocycles. The van der Waals surface area contributed by atoms with Crippen LogP contribution >= 0.6 is 0 Å². The van der Waals surface area contributed by atoms with Crippen molar-refractivity contribution in [2.45, 2.75) is 58.7 Å². The lowest BCUT2D eigenvalue weighted by molar-refractivity contribution is 0.0952. The Bertz CT molecular complexity index is 1510. The van der Waals surface area contributed by atoms with Gasteiger partial charge in [-0.25, -0.2) is 0 Å². The van der Waals surface area contributed by atoms with Gasteiger partial charge >= 0.3 is 0 Å². The fourth-order valence-electron chi connectivity index (χ4n) is 5.46. The molecule has 1 aliphatic carbocycles. The number of nitrogens with one attached hydrogen (secondary N) is 3. The van der Waals surface area contributed by atoms with Crippen LogP contribution in [0.2, 0.25) is 0 Å². The lowest BCUT2D eigenvalue weighted by Crippen LogP contribution is -2.28. The Morgan fingerprint density at radius 2 is 1.87 bits per heavy atom. The normalized spacial score (nSPS) is 13.8. The molecule has 4 aromatic rings. The molecule has 0 bridgehead atoms. The van der Waals surface area contributed by atoms with E-state index in [1.807, 2.05) is 39.2 Å². The Balaban J connectivity index is 1.46. The summed E-state index contributed by atoms with van der Waals surface area (Å²) in [6, 6.07) is 14.6. The van der Waals surface area contributed by atoms with E-state index in [2.05, 4.69) is 50.6 Å². The highest BCUT2D eigenvalue weighted by molar-refractivity contribution is 6.08.